The molecule has 2 nitrogen and oxygen atoms in total. The number of H-pyrrole nitrogens is 1. The van der Waals surface area contributed by atoms with Crippen LogP contribution < -0.4 is 0 Å². The number of alkyl halides is 3. The predicted molar refractivity (Wildman–Crippen MR) is 71.6 cm³/mol. The van der Waals surface area contributed by atoms with Gasteiger partial charge in [0.15, 0.2) is 4.77 Å². The van der Waals surface area contributed by atoms with Crippen LogP contribution in [0.1, 0.15) is 31.7 Å². The van der Waals surface area contributed by atoms with Crippen LogP contribution in [0.15, 0.2) is 18.2 Å². The van der Waals surface area contributed by atoms with Crippen molar-refractivity contribution < 1.29 is 13.2 Å². The highest BCUT2D eigenvalue weighted by Gasteiger charge is 2.30. The molecule has 1 aromatic heterocycles. The van der Waals surface area contributed by atoms with Gasteiger partial charge < -0.3 is 9.55 Å². The zero-order chi connectivity index (χ0) is 14.0. The van der Waals surface area contributed by atoms with Crippen molar-refractivity contribution in [2.24, 2.45) is 0 Å². The molecule has 1 heterocycles. The molecule has 6 heteroatoms. The van der Waals surface area contributed by atoms with Gasteiger partial charge in [-0.3, -0.25) is 0 Å². The molecule has 0 saturated carbocycles. The van der Waals surface area contributed by atoms with Crippen LogP contribution >= 0.6 is 12.2 Å². The quantitative estimate of drug-likeness (QED) is 0.626. The minimum absolute atomic E-state index is 0.441. The summed E-state index contributed by atoms with van der Waals surface area (Å²) in [5.74, 6) is 0. The highest BCUT2D eigenvalue weighted by Crippen LogP contribution is 2.31. The van der Waals surface area contributed by atoms with Crippen LogP contribution in [0, 0.1) is 4.77 Å². The molecule has 0 unspecified atom stereocenters. The Morgan fingerprint density at radius 2 is 2.00 bits per heavy atom. The summed E-state index contributed by atoms with van der Waals surface area (Å²) < 4.78 is 40.2. The standard InChI is InChI=1S/C13H15F3N2S/c1-2-3-4-7-18-11-6-5-9(13(14,15)16)8-10(11)17-12(18)19/h5-6,8H,2-4,7H2,1H3,(H,17,19). The Bertz CT molecular complexity index is 625. The number of rotatable bonds is 4. The van der Waals surface area contributed by atoms with E-state index in [0.29, 0.717) is 10.3 Å². The average molecular weight is 288 g/mol. The fraction of sp³-hybridized carbons (Fsp3) is 0.462. The van der Waals surface area contributed by atoms with Crippen LogP contribution in [0.4, 0.5) is 13.2 Å². The predicted octanol–water partition coefficient (Wildman–Crippen LogP) is 4.91. The highest BCUT2D eigenvalue weighted by molar-refractivity contribution is 7.71. The minimum atomic E-state index is -4.33. The minimum Gasteiger partial charge on any atom is -0.331 e. The Morgan fingerprint density at radius 3 is 2.63 bits per heavy atom. The van der Waals surface area contributed by atoms with Gasteiger partial charge in [-0.2, -0.15) is 13.2 Å². The SMILES string of the molecule is CCCCCn1c(=S)[nH]c2cc(C(F)(F)F)ccc21. The number of unbranched alkanes of at least 4 members (excludes halogenated alkanes) is 2. The number of nitrogens with one attached hydrogen (secondary N) is 1. The molecule has 0 bridgehead atoms. The third kappa shape index (κ3) is 3.00. The van der Waals surface area contributed by atoms with Gasteiger partial charge in [-0.15, -0.1) is 0 Å². The summed E-state index contributed by atoms with van der Waals surface area (Å²) in [6.07, 6.45) is -1.18. The van der Waals surface area contributed by atoms with Crippen molar-refractivity contribution in [2.75, 3.05) is 0 Å². The Morgan fingerprint density at radius 1 is 1.26 bits per heavy atom. The van der Waals surface area contributed by atoms with E-state index in [1.54, 1.807) is 0 Å². The largest absolute Gasteiger partial charge is 0.416 e. The van der Waals surface area contributed by atoms with Crippen molar-refractivity contribution in [1.82, 2.24) is 9.55 Å². The molecule has 0 amide bonds. The molecule has 0 radical (unpaired) electrons. The maximum Gasteiger partial charge on any atom is 0.416 e. The number of nitrogens with zero attached hydrogens (tertiary/aromatic N) is 1. The third-order valence-corrected chi connectivity index (χ3v) is 3.41. The number of aromatic nitrogens is 2. The highest BCUT2D eigenvalue weighted by atomic mass is 32.1. The number of hydrogen-bond acceptors (Lipinski definition) is 1. The lowest BCUT2D eigenvalue weighted by Crippen LogP contribution is -2.04. The fourth-order valence-electron chi connectivity index (χ4n) is 2.08. The number of aromatic amines is 1. The van der Waals surface area contributed by atoms with E-state index in [1.165, 1.54) is 6.07 Å². The Kier molecular flexibility index (Phi) is 3.99. The first-order valence-corrected chi connectivity index (χ1v) is 6.64. The first kappa shape index (κ1) is 14.1. The van der Waals surface area contributed by atoms with Gasteiger partial charge in [-0.1, -0.05) is 19.8 Å². The lowest BCUT2D eigenvalue weighted by molar-refractivity contribution is -0.137. The smallest absolute Gasteiger partial charge is 0.331 e. The maximum absolute atomic E-state index is 12.6. The lowest BCUT2D eigenvalue weighted by atomic mass is 10.2. The maximum atomic E-state index is 12.6. The molecule has 104 valence electrons. The van der Waals surface area contributed by atoms with Crippen molar-refractivity contribution in [1.29, 1.82) is 0 Å². The van der Waals surface area contributed by atoms with Crippen molar-refractivity contribution in [2.45, 2.75) is 38.9 Å². The van der Waals surface area contributed by atoms with Crippen LogP contribution in [0.25, 0.3) is 11.0 Å². The monoisotopic (exact) mass is 288 g/mol. The van der Waals surface area contributed by atoms with Gasteiger partial charge in [0.2, 0.25) is 0 Å². The first-order valence-electron chi connectivity index (χ1n) is 6.23. The molecule has 2 rings (SSSR count). The van der Waals surface area contributed by atoms with Crippen molar-refractivity contribution in [3.05, 3.63) is 28.5 Å². The Hall–Kier alpha value is -1.30. The summed E-state index contributed by atoms with van der Waals surface area (Å²) in [6, 6.07) is 3.69. The van der Waals surface area contributed by atoms with Gasteiger partial charge in [0.25, 0.3) is 0 Å². The average Bonchev–Trinajstić information content (AvgIpc) is 2.64. The summed E-state index contributed by atoms with van der Waals surface area (Å²) in [6.45, 7) is 2.84. The second kappa shape index (κ2) is 5.36. The summed E-state index contributed by atoms with van der Waals surface area (Å²) in [5, 5.41) is 0. The number of fused-ring (bicyclic) bond motifs is 1. The molecule has 19 heavy (non-hydrogen) atoms. The van der Waals surface area contributed by atoms with E-state index in [2.05, 4.69) is 11.9 Å². The van der Waals surface area contributed by atoms with Crippen LogP contribution in [0.2, 0.25) is 0 Å². The molecule has 1 N–H and O–H groups in total. The van der Waals surface area contributed by atoms with Crippen LogP contribution in [0.5, 0.6) is 0 Å². The van der Waals surface area contributed by atoms with Crippen LogP contribution in [0.3, 0.4) is 0 Å². The van der Waals surface area contributed by atoms with E-state index in [9.17, 15) is 13.2 Å². The van der Waals surface area contributed by atoms with E-state index in [1.807, 2.05) is 4.57 Å². The van der Waals surface area contributed by atoms with Crippen molar-refractivity contribution >= 4 is 23.3 Å². The number of halogens is 3. The van der Waals surface area contributed by atoms with Crippen molar-refractivity contribution in [3.63, 3.8) is 0 Å². The molecule has 1 aromatic carbocycles. The number of imidazole rings is 1. The zero-order valence-corrected chi connectivity index (χ0v) is 11.4. The molecule has 0 atom stereocenters. The van der Waals surface area contributed by atoms with Crippen LogP contribution in [-0.2, 0) is 12.7 Å². The molecule has 2 aromatic rings. The number of benzene rings is 1. The second-order valence-electron chi connectivity index (χ2n) is 4.52. The molecule has 0 saturated heterocycles. The Balaban J connectivity index is 2.40. The topological polar surface area (TPSA) is 20.7 Å². The lowest BCUT2D eigenvalue weighted by Gasteiger charge is -2.07. The van der Waals surface area contributed by atoms with E-state index < -0.39 is 11.7 Å². The molecule has 0 fully saturated rings. The van der Waals surface area contributed by atoms with E-state index in [0.717, 1.165) is 43.5 Å². The Labute approximate surface area is 114 Å². The summed E-state index contributed by atoms with van der Waals surface area (Å²) in [4.78, 5) is 2.84. The zero-order valence-electron chi connectivity index (χ0n) is 10.5. The molecular formula is C13H15F3N2S. The summed E-state index contributed by atoms with van der Waals surface area (Å²) in [5.41, 5.74) is 0.516. The van der Waals surface area contributed by atoms with Gasteiger partial charge >= 0.3 is 6.18 Å². The molecular weight excluding hydrogens is 273 g/mol. The number of hydrogen-bond donors (Lipinski definition) is 1. The van der Waals surface area contributed by atoms with Gasteiger partial charge in [-0.05, 0) is 36.8 Å². The van der Waals surface area contributed by atoms with Crippen molar-refractivity contribution in [3.8, 4) is 0 Å². The fourth-order valence-corrected chi connectivity index (χ4v) is 2.38. The molecule has 0 aliphatic carbocycles. The van der Waals surface area contributed by atoms with Gasteiger partial charge in [0.05, 0.1) is 16.6 Å². The normalized spacial score (nSPS) is 12.2. The molecule has 0 aliphatic rings. The molecule has 0 spiro atoms. The van der Waals surface area contributed by atoms with Gasteiger partial charge in [0.1, 0.15) is 0 Å². The van der Waals surface area contributed by atoms with Crippen LogP contribution in [-0.4, -0.2) is 9.55 Å². The second-order valence-corrected chi connectivity index (χ2v) is 4.91. The van der Waals surface area contributed by atoms with Gasteiger partial charge in [-0.25, -0.2) is 0 Å². The first-order chi connectivity index (χ1) is 8.93. The van der Waals surface area contributed by atoms with Gasteiger partial charge in [0, 0.05) is 6.54 Å². The molecule has 0 aliphatic heterocycles. The van der Waals surface area contributed by atoms with E-state index in [4.69, 9.17) is 12.2 Å². The van der Waals surface area contributed by atoms with E-state index in [-0.39, 0.29) is 0 Å². The number of aryl methyl sites for hydroxylation is 1. The summed E-state index contributed by atoms with van der Waals surface area (Å²) in [7, 11) is 0. The third-order valence-electron chi connectivity index (χ3n) is 3.09. The summed E-state index contributed by atoms with van der Waals surface area (Å²) >= 11 is 5.17. The van der Waals surface area contributed by atoms with E-state index >= 15 is 0 Å².